The van der Waals surface area contributed by atoms with Gasteiger partial charge in [0, 0.05) is 24.6 Å². The van der Waals surface area contributed by atoms with Gasteiger partial charge in [-0.25, -0.2) is 4.79 Å². The number of likely N-dealkylation sites (N-methyl/N-ethyl adjacent to an activating group) is 1. The van der Waals surface area contributed by atoms with E-state index in [4.69, 9.17) is 0 Å². The third-order valence-electron chi connectivity index (χ3n) is 7.09. The zero-order chi connectivity index (χ0) is 20.4. The Labute approximate surface area is 179 Å². The van der Waals surface area contributed by atoms with E-state index in [0.717, 1.165) is 35.9 Å². The van der Waals surface area contributed by atoms with E-state index >= 15 is 0 Å². The average Bonchev–Trinajstić information content (AvgIpc) is 3.37. The van der Waals surface area contributed by atoms with Crippen LogP contribution < -0.4 is 0 Å². The summed E-state index contributed by atoms with van der Waals surface area (Å²) in [6, 6.07) is 2.08. The van der Waals surface area contributed by atoms with Crippen LogP contribution in [0.3, 0.4) is 0 Å². The average molecular weight is 412 g/mol. The highest BCUT2D eigenvalue weighted by Crippen LogP contribution is 2.41. The Balaban J connectivity index is 1.70. The topological polar surface area (TPSA) is 40.5 Å². The monoisotopic (exact) mass is 411 g/mol. The fraction of sp³-hybridized carbons (Fsp3) is 0.640. The molecule has 0 aromatic carbocycles. The lowest BCUT2D eigenvalue weighted by Gasteiger charge is -2.35. The number of carbonyl (C=O) groups is 1. The Kier molecular flexibility index (Phi) is 6.47. The van der Waals surface area contributed by atoms with Crippen molar-refractivity contribution in [1.29, 1.82) is 0 Å². The van der Waals surface area contributed by atoms with E-state index < -0.39 is 5.97 Å². The maximum Gasteiger partial charge on any atom is 0.346 e. The standard InChI is InChI=1S/C25H33NO2S/c1-17-7-10-19(11-8-17)21-13-14-26(2)16-23(21)22-15-20(29-24(22)25(27)28)12-9-18-5-3-4-6-18/h15,17-19H,3-8,10-11,13-14,16H2,1-2H3,(H,27,28). The molecule has 0 unspecified atom stereocenters. The van der Waals surface area contributed by atoms with Gasteiger partial charge in [0.25, 0.3) is 0 Å². The van der Waals surface area contributed by atoms with Crippen LogP contribution in [-0.2, 0) is 0 Å². The second kappa shape index (κ2) is 9.06. The smallest absolute Gasteiger partial charge is 0.346 e. The van der Waals surface area contributed by atoms with Crippen LogP contribution in [0, 0.1) is 29.6 Å². The largest absolute Gasteiger partial charge is 0.477 e. The molecule has 0 atom stereocenters. The Morgan fingerprint density at radius 1 is 1.17 bits per heavy atom. The van der Waals surface area contributed by atoms with Gasteiger partial charge in [0.05, 0.1) is 4.88 Å². The molecular formula is C25H33NO2S. The molecule has 2 saturated carbocycles. The fourth-order valence-electron chi connectivity index (χ4n) is 5.31. The number of carboxylic acid groups (broad SMARTS) is 1. The molecule has 1 aromatic heterocycles. The third kappa shape index (κ3) is 4.78. The van der Waals surface area contributed by atoms with Crippen molar-refractivity contribution in [3.8, 4) is 11.8 Å². The van der Waals surface area contributed by atoms with Crippen molar-refractivity contribution < 1.29 is 9.90 Å². The second-order valence-electron chi connectivity index (χ2n) is 9.36. The van der Waals surface area contributed by atoms with Crippen molar-refractivity contribution in [2.24, 2.45) is 17.8 Å². The molecule has 4 heteroatoms. The summed E-state index contributed by atoms with van der Waals surface area (Å²) in [6.45, 7) is 4.29. The first-order chi connectivity index (χ1) is 14.0. The fourth-order valence-corrected chi connectivity index (χ4v) is 6.19. The van der Waals surface area contributed by atoms with E-state index in [1.54, 1.807) is 0 Å². The van der Waals surface area contributed by atoms with Crippen molar-refractivity contribution in [3.63, 3.8) is 0 Å². The van der Waals surface area contributed by atoms with Gasteiger partial charge in [0.1, 0.15) is 4.88 Å². The highest BCUT2D eigenvalue weighted by atomic mass is 32.1. The van der Waals surface area contributed by atoms with Crippen LogP contribution in [0.25, 0.3) is 5.57 Å². The number of carboxylic acids is 1. The number of hydrogen-bond donors (Lipinski definition) is 1. The van der Waals surface area contributed by atoms with E-state index in [0.29, 0.717) is 16.7 Å². The minimum atomic E-state index is -0.809. The quantitative estimate of drug-likeness (QED) is 0.629. The minimum absolute atomic E-state index is 0.479. The molecule has 2 aliphatic carbocycles. The SMILES string of the molecule is CC1CCC(C2=C(c3cc(C#CC4CCCC4)sc3C(=O)O)CN(C)CC2)CC1. The van der Waals surface area contributed by atoms with E-state index in [2.05, 4.69) is 36.8 Å². The normalized spacial score (nSPS) is 26.4. The molecule has 29 heavy (non-hydrogen) atoms. The number of nitrogens with zero attached hydrogens (tertiary/aromatic N) is 1. The van der Waals surface area contributed by atoms with Crippen molar-refractivity contribution >= 4 is 22.9 Å². The first-order valence-electron chi connectivity index (χ1n) is 11.3. The van der Waals surface area contributed by atoms with Gasteiger partial charge in [-0.3, -0.25) is 0 Å². The van der Waals surface area contributed by atoms with Crippen LogP contribution >= 0.6 is 11.3 Å². The van der Waals surface area contributed by atoms with Gasteiger partial charge in [-0.1, -0.05) is 50.0 Å². The van der Waals surface area contributed by atoms with E-state index in [9.17, 15) is 9.90 Å². The molecule has 3 nitrogen and oxygen atoms in total. The van der Waals surface area contributed by atoms with Crippen LogP contribution in [0.15, 0.2) is 11.6 Å². The number of hydrogen-bond acceptors (Lipinski definition) is 3. The van der Waals surface area contributed by atoms with E-state index in [1.807, 2.05) is 0 Å². The summed E-state index contributed by atoms with van der Waals surface area (Å²) in [5.74, 6) is 7.87. The lowest BCUT2D eigenvalue weighted by atomic mass is 9.75. The Hall–Kier alpha value is -1.57. The van der Waals surface area contributed by atoms with Crippen LogP contribution in [0.2, 0.25) is 0 Å². The molecular weight excluding hydrogens is 378 g/mol. The predicted molar refractivity (Wildman–Crippen MR) is 120 cm³/mol. The summed E-state index contributed by atoms with van der Waals surface area (Å²) in [7, 11) is 2.15. The maximum absolute atomic E-state index is 12.1. The lowest BCUT2D eigenvalue weighted by Crippen LogP contribution is -2.30. The molecule has 4 rings (SSSR count). The molecule has 0 spiro atoms. The van der Waals surface area contributed by atoms with Gasteiger partial charge >= 0.3 is 5.97 Å². The molecule has 0 amide bonds. The first-order valence-corrected chi connectivity index (χ1v) is 12.1. The van der Waals surface area contributed by atoms with Crippen molar-refractivity contribution in [2.75, 3.05) is 20.1 Å². The number of rotatable bonds is 3. The minimum Gasteiger partial charge on any atom is -0.477 e. The first kappa shape index (κ1) is 20.7. The maximum atomic E-state index is 12.1. The molecule has 3 aliphatic rings. The molecule has 0 saturated heterocycles. The van der Waals surface area contributed by atoms with Crippen LogP contribution in [0.4, 0.5) is 0 Å². The summed E-state index contributed by atoms with van der Waals surface area (Å²) in [5.41, 5.74) is 3.75. The van der Waals surface area contributed by atoms with Gasteiger partial charge in [-0.05, 0) is 62.6 Å². The summed E-state index contributed by atoms with van der Waals surface area (Å²) in [6.07, 6.45) is 11.1. The molecule has 2 fully saturated rings. The molecule has 2 heterocycles. The Morgan fingerprint density at radius 2 is 1.90 bits per heavy atom. The van der Waals surface area contributed by atoms with Gasteiger partial charge < -0.3 is 10.0 Å². The zero-order valence-electron chi connectivity index (χ0n) is 17.8. The van der Waals surface area contributed by atoms with E-state index in [1.165, 1.54) is 73.8 Å². The highest BCUT2D eigenvalue weighted by molar-refractivity contribution is 7.14. The Bertz CT molecular complexity index is 842. The summed E-state index contributed by atoms with van der Waals surface area (Å²) in [5, 5.41) is 9.91. The predicted octanol–water partition coefficient (Wildman–Crippen LogP) is 5.90. The van der Waals surface area contributed by atoms with Crippen molar-refractivity contribution in [3.05, 3.63) is 27.0 Å². The molecule has 0 radical (unpaired) electrons. The molecule has 1 N–H and O–H groups in total. The molecule has 156 valence electrons. The zero-order valence-corrected chi connectivity index (χ0v) is 18.6. The van der Waals surface area contributed by atoms with Crippen LogP contribution in [0.5, 0.6) is 0 Å². The third-order valence-corrected chi connectivity index (χ3v) is 8.13. The molecule has 1 aliphatic heterocycles. The van der Waals surface area contributed by atoms with E-state index in [-0.39, 0.29) is 0 Å². The van der Waals surface area contributed by atoms with Gasteiger partial charge in [-0.2, -0.15) is 0 Å². The van der Waals surface area contributed by atoms with Gasteiger partial charge in [-0.15, -0.1) is 11.3 Å². The molecule has 1 aromatic rings. The van der Waals surface area contributed by atoms with Crippen LogP contribution in [-0.4, -0.2) is 36.1 Å². The number of aromatic carboxylic acids is 1. The van der Waals surface area contributed by atoms with Gasteiger partial charge in [0.15, 0.2) is 0 Å². The summed E-state index contributed by atoms with van der Waals surface area (Å²) >= 11 is 1.37. The number of thiophene rings is 1. The van der Waals surface area contributed by atoms with Crippen molar-refractivity contribution in [1.82, 2.24) is 4.90 Å². The lowest BCUT2D eigenvalue weighted by molar-refractivity contribution is 0.0702. The Morgan fingerprint density at radius 3 is 2.59 bits per heavy atom. The van der Waals surface area contributed by atoms with Gasteiger partial charge in [0.2, 0.25) is 0 Å². The van der Waals surface area contributed by atoms with Crippen molar-refractivity contribution in [2.45, 2.75) is 64.7 Å². The highest BCUT2D eigenvalue weighted by Gasteiger charge is 2.30. The summed E-state index contributed by atoms with van der Waals surface area (Å²) in [4.78, 5) is 15.8. The summed E-state index contributed by atoms with van der Waals surface area (Å²) < 4.78 is 0. The second-order valence-corrected chi connectivity index (χ2v) is 10.4. The molecule has 0 bridgehead atoms. The van der Waals surface area contributed by atoms with Crippen LogP contribution in [0.1, 0.15) is 84.8 Å².